The van der Waals surface area contributed by atoms with E-state index in [1.807, 2.05) is 64.2 Å². The molecule has 0 radical (unpaired) electrons. The second-order valence-corrected chi connectivity index (χ2v) is 17.4. The molecule has 6 amide bonds. The number of nitrogens with zero attached hydrogens (tertiary/aromatic N) is 8. The van der Waals surface area contributed by atoms with E-state index >= 15 is 0 Å². The molecule has 9 rings (SSSR count). The van der Waals surface area contributed by atoms with Gasteiger partial charge in [0.25, 0.3) is 11.8 Å². The number of fused-ring (bicyclic) bond motifs is 2. The molecule has 0 spiro atoms. The van der Waals surface area contributed by atoms with Gasteiger partial charge in [-0.05, 0) is 80.8 Å². The summed E-state index contributed by atoms with van der Waals surface area (Å²) in [6.45, 7) is 5.55. The van der Waals surface area contributed by atoms with Crippen molar-refractivity contribution in [1.29, 1.82) is 0 Å². The first-order valence-electron chi connectivity index (χ1n) is 23.5. The number of benzene rings is 3. The highest BCUT2D eigenvalue weighted by atomic mass is 16.5. The standard InChI is InChI=1S/C49H55N11O9/c50-45-43-44(32-13-15-35(16-14-32)69-34-8-2-1-3-9-34)55-60(46(43)53-31-52-45)33-7-5-21-58(29-33)40(62)12-6-20-56-22-24-57(25-23-56)41(63)30-68-28-27-67-26-19-51-37-11-4-10-36-42(37)49(66)59(48(36)65)38-17-18-39(61)54-47(38)64/h1-4,8-11,13-16,31,33,38,51H,5-7,12,17-30H2,(H2,50,52,53)(H,54,61,64). The Morgan fingerprint density at radius 1 is 0.797 bits per heavy atom. The van der Waals surface area contributed by atoms with Crippen LogP contribution in [-0.2, 0) is 28.7 Å². The highest BCUT2D eigenvalue weighted by molar-refractivity contribution is 6.25. The zero-order valence-corrected chi connectivity index (χ0v) is 38.2. The van der Waals surface area contributed by atoms with Crippen LogP contribution in [0.2, 0.25) is 0 Å². The van der Waals surface area contributed by atoms with Crippen LogP contribution in [0.1, 0.15) is 65.3 Å². The number of carbonyl (C=O) groups excluding carboxylic acids is 6. The molecule has 4 aliphatic rings. The minimum absolute atomic E-state index is 0.0459. The van der Waals surface area contributed by atoms with Gasteiger partial charge in [0.2, 0.25) is 23.6 Å². The number of hydrogen-bond acceptors (Lipinski definition) is 15. The summed E-state index contributed by atoms with van der Waals surface area (Å²) >= 11 is 0. The fraction of sp³-hybridized carbons (Fsp3) is 0.408. The second kappa shape index (κ2) is 21.3. The molecule has 0 bridgehead atoms. The number of carbonyl (C=O) groups is 6. The average molecular weight is 942 g/mol. The lowest BCUT2D eigenvalue weighted by molar-refractivity contribution is -0.138. The number of imide groups is 2. The van der Waals surface area contributed by atoms with E-state index in [2.05, 4.69) is 25.5 Å². The molecule has 0 saturated carbocycles. The summed E-state index contributed by atoms with van der Waals surface area (Å²) in [6.07, 6.45) is 4.40. The Labute approximate surface area is 398 Å². The van der Waals surface area contributed by atoms with Crippen LogP contribution < -0.4 is 21.1 Å². The Balaban J connectivity index is 0.660. The van der Waals surface area contributed by atoms with Crippen molar-refractivity contribution in [2.24, 2.45) is 0 Å². The van der Waals surface area contributed by atoms with E-state index in [4.69, 9.17) is 25.0 Å². The Morgan fingerprint density at radius 3 is 2.38 bits per heavy atom. The first-order valence-corrected chi connectivity index (χ1v) is 23.5. The molecular weight excluding hydrogens is 887 g/mol. The molecule has 2 aromatic heterocycles. The van der Waals surface area contributed by atoms with Crippen molar-refractivity contribution < 1.29 is 43.0 Å². The largest absolute Gasteiger partial charge is 0.457 e. The Hall–Kier alpha value is -7.29. The fourth-order valence-electron chi connectivity index (χ4n) is 9.36. The summed E-state index contributed by atoms with van der Waals surface area (Å²) in [6, 6.07) is 21.0. The number of nitrogens with one attached hydrogen (secondary N) is 2. The molecule has 5 aromatic rings. The first kappa shape index (κ1) is 46.8. The summed E-state index contributed by atoms with van der Waals surface area (Å²) in [5, 5.41) is 11.1. The van der Waals surface area contributed by atoms with Crippen LogP contribution >= 0.6 is 0 Å². The number of anilines is 2. The lowest BCUT2D eigenvalue weighted by atomic mass is 10.0. The molecule has 360 valence electrons. The summed E-state index contributed by atoms with van der Waals surface area (Å²) < 4.78 is 19.2. The Kier molecular flexibility index (Phi) is 14.5. The minimum atomic E-state index is -1.04. The molecule has 20 nitrogen and oxygen atoms in total. The fourth-order valence-corrected chi connectivity index (χ4v) is 9.36. The number of likely N-dealkylation sites (tertiary alicyclic amines) is 1. The lowest BCUT2D eigenvalue weighted by Crippen LogP contribution is -2.54. The molecule has 0 aliphatic carbocycles. The van der Waals surface area contributed by atoms with E-state index in [1.165, 1.54) is 12.4 Å². The van der Waals surface area contributed by atoms with Crippen molar-refractivity contribution in [2.75, 3.05) is 89.8 Å². The molecule has 3 fully saturated rings. The van der Waals surface area contributed by atoms with Crippen molar-refractivity contribution in [1.82, 2.24) is 44.7 Å². The van der Waals surface area contributed by atoms with E-state index in [-0.39, 0.29) is 68.3 Å². The summed E-state index contributed by atoms with van der Waals surface area (Å²) in [4.78, 5) is 92.7. The number of hydrogen-bond donors (Lipinski definition) is 3. The number of aromatic nitrogens is 4. The van der Waals surface area contributed by atoms with Gasteiger partial charge in [-0.3, -0.25) is 43.9 Å². The number of amides is 6. The van der Waals surface area contributed by atoms with Gasteiger partial charge in [-0.25, -0.2) is 14.6 Å². The normalized spacial score (nSPS) is 18.7. The van der Waals surface area contributed by atoms with E-state index in [0.717, 1.165) is 35.6 Å². The summed E-state index contributed by atoms with van der Waals surface area (Å²) in [5.41, 5.74) is 9.41. The van der Waals surface area contributed by atoms with Crippen molar-refractivity contribution in [2.45, 2.75) is 50.6 Å². The molecular formula is C49H55N11O9. The van der Waals surface area contributed by atoms with Crippen molar-refractivity contribution in [3.05, 3.63) is 90.3 Å². The van der Waals surface area contributed by atoms with E-state index in [1.54, 1.807) is 17.0 Å². The van der Waals surface area contributed by atoms with Crippen molar-refractivity contribution >= 4 is 58.0 Å². The molecule has 3 saturated heterocycles. The molecule has 6 heterocycles. The molecule has 20 heteroatoms. The monoisotopic (exact) mass is 941 g/mol. The quantitative estimate of drug-likeness (QED) is 0.0842. The van der Waals surface area contributed by atoms with Gasteiger partial charge in [-0.2, -0.15) is 5.10 Å². The third kappa shape index (κ3) is 10.6. The van der Waals surface area contributed by atoms with Crippen molar-refractivity contribution in [3.63, 3.8) is 0 Å². The van der Waals surface area contributed by atoms with Gasteiger partial charge < -0.3 is 35.1 Å². The van der Waals surface area contributed by atoms with E-state index in [0.29, 0.717) is 92.6 Å². The molecule has 3 aromatic carbocycles. The smallest absolute Gasteiger partial charge is 0.264 e. The number of piperazine rings is 1. The lowest BCUT2D eigenvalue weighted by Gasteiger charge is -2.35. The highest BCUT2D eigenvalue weighted by Crippen LogP contribution is 2.36. The van der Waals surface area contributed by atoms with E-state index < -0.39 is 29.7 Å². The minimum Gasteiger partial charge on any atom is -0.457 e. The van der Waals surface area contributed by atoms with Gasteiger partial charge in [0, 0.05) is 69.9 Å². The number of rotatable bonds is 18. The van der Waals surface area contributed by atoms with Crippen LogP contribution in [0, 0.1) is 0 Å². The highest BCUT2D eigenvalue weighted by Gasteiger charge is 2.45. The third-order valence-corrected chi connectivity index (χ3v) is 12.9. The maximum atomic E-state index is 13.6. The van der Waals surface area contributed by atoms with Crippen LogP contribution in [0.25, 0.3) is 22.3 Å². The van der Waals surface area contributed by atoms with E-state index in [9.17, 15) is 28.8 Å². The SMILES string of the molecule is Nc1ncnc2c1c(-c1ccc(Oc3ccccc3)cc1)nn2C1CCCN(C(=O)CCCN2CCN(C(=O)COCCOCCNc3cccc4c3C(=O)N(C3CCC(=O)NC3=O)C4=O)CC2)C1. The van der Waals surface area contributed by atoms with Crippen LogP contribution in [0.3, 0.4) is 0 Å². The first-order chi connectivity index (χ1) is 33.6. The molecule has 2 unspecified atom stereocenters. The number of piperidine rings is 2. The Morgan fingerprint density at radius 2 is 1.58 bits per heavy atom. The maximum absolute atomic E-state index is 13.6. The van der Waals surface area contributed by atoms with Crippen molar-refractivity contribution in [3.8, 4) is 22.8 Å². The summed E-state index contributed by atoms with van der Waals surface area (Å²) in [7, 11) is 0. The van der Waals surface area contributed by atoms with Gasteiger partial charge in [-0.1, -0.05) is 24.3 Å². The number of ether oxygens (including phenoxy) is 3. The number of nitrogen functional groups attached to an aromatic ring is 1. The van der Waals surface area contributed by atoms with Gasteiger partial charge in [0.15, 0.2) is 5.65 Å². The van der Waals surface area contributed by atoms with Crippen LogP contribution in [0.15, 0.2) is 79.1 Å². The maximum Gasteiger partial charge on any atom is 0.264 e. The van der Waals surface area contributed by atoms with Crippen LogP contribution in [0.4, 0.5) is 11.5 Å². The van der Waals surface area contributed by atoms with Gasteiger partial charge >= 0.3 is 0 Å². The predicted molar refractivity (Wildman–Crippen MR) is 252 cm³/mol. The number of nitrogens with two attached hydrogens (primary N) is 1. The topological polar surface area (TPSA) is 237 Å². The molecule has 4 N–H and O–H groups in total. The summed E-state index contributed by atoms with van der Waals surface area (Å²) in [5.74, 6) is -0.439. The van der Waals surface area contributed by atoms with Gasteiger partial charge in [0.1, 0.15) is 42.0 Å². The van der Waals surface area contributed by atoms with Gasteiger partial charge in [-0.15, -0.1) is 0 Å². The second-order valence-electron chi connectivity index (χ2n) is 17.4. The van der Waals surface area contributed by atoms with Gasteiger partial charge in [0.05, 0.1) is 42.4 Å². The predicted octanol–water partition coefficient (Wildman–Crippen LogP) is 3.50. The molecule has 69 heavy (non-hydrogen) atoms. The van der Waals surface area contributed by atoms with Crippen LogP contribution in [-0.4, -0.2) is 160 Å². The molecule has 4 aliphatic heterocycles. The zero-order chi connectivity index (χ0) is 47.9. The van der Waals surface area contributed by atoms with Crippen LogP contribution in [0.5, 0.6) is 11.5 Å². The zero-order valence-electron chi connectivity index (χ0n) is 38.2. The third-order valence-electron chi connectivity index (χ3n) is 12.9. The molecule has 2 atom stereocenters. The Bertz CT molecular complexity index is 2710. The average Bonchev–Trinajstić information content (AvgIpc) is 3.88. The number of para-hydroxylation sites is 1.